The van der Waals surface area contributed by atoms with Crippen LogP contribution < -0.4 is 5.32 Å². The van der Waals surface area contributed by atoms with Crippen LogP contribution in [0.4, 0.5) is 0 Å². The Balaban J connectivity index is 2.38. The van der Waals surface area contributed by atoms with Crippen molar-refractivity contribution in [3.63, 3.8) is 0 Å². The van der Waals surface area contributed by atoms with E-state index in [1.54, 1.807) is 0 Å². The van der Waals surface area contributed by atoms with Crippen LogP contribution >= 0.6 is 0 Å². The van der Waals surface area contributed by atoms with Crippen LogP contribution in [0.2, 0.25) is 0 Å². The predicted molar refractivity (Wildman–Crippen MR) is 74.6 cm³/mol. The summed E-state index contributed by atoms with van der Waals surface area (Å²) in [7, 11) is 2.01. The average molecular weight is 230 g/mol. The van der Waals surface area contributed by atoms with E-state index in [-0.39, 0.29) is 0 Å². The second-order valence-electron chi connectivity index (χ2n) is 4.82. The standard InChI is InChI=1S/C15H22N2/c1-5-17-12(3)9-14-10-13(6-7-15(14)17)8-11(2)16-4/h6-7,9-11,16H,5,8H2,1-4H3. The van der Waals surface area contributed by atoms with E-state index in [1.807, 2.05) is 7.05 Å². The summed E-state index contributed by atoms with van der Waals surface area (Å²) in [6.07, 6.45) is 1.09. The van der Waals surface area contributed by atoms with Crippen molar-refractivity contribution >= 4 is 10.9 Å². The van der Waals surface area contributed by atoms with Gasteiger partial charge in [-0.2, -0.15) is 0 Å². The molecule has 2 aromatic rings. The van der Waals surface area contributed by atoms with Crippen LogP contribution in [-0.2, 0) is 13.0 Å². The van der Waals surface area contributed by atoms with Gasteiger partial charge in [-0.05, 0) is 58.0 Å². The third kappa shape index (κ3) is 2.37. The molecule has 92 valence electrons. The van der Waals surface area contributed by atoms with Gasteiger partial charge in [0.1, 0.15) is 0 Å². The van der Waals surface area contributed by atoms with Gasteiger partial charge in [0, 0.05) is 29.2 Å². The molecular weight excluding hydrogens is 208 g/mol. The molecule has 2 nitrogen and oxygen atoms in total. The van der Waals surface area contributed by atoms with Gasteiger partial charge in [0.15, 0.2) is 0 Å². The zero-order valence-corrected chi connectivity index (χ0v) is 11.2. The monoisotopic (exact) mass is 230 g/mol. The Morgan fingerprint density at radius 2 is 2.06 bits per heavy atom. The third-order valence-electron chi connectivity index (χ3n) is 3.52. The molecule has 2 rings (SSSR count). The number of nitrogens with zero attached hydrogens (tertiary/aromatic N) is 1. The molecule has 0 bridgehead atoms. The summed E-state index contributed by atoms with van der Waals surface area (Å²) in [6.45, 7) is 7.64. The van der Waals surface area contributed by atoms with E-state index < -0.39 is 0 Å². The topological polar surface area (TPSA) is 17.0 Å². The van der Waals surface area contributed by atoms with Crippen LogP contribution in [-0.4, -0.2) is 17.7 Å². The van der Waals surface area contributed by atoms with Crippen LogP contribution in [0, 0.1) is 6.92 Å². The lowest BCUT2D eigenvalue weighted by Gasteiger charge is -2.10. The van der Waals surface area contributed by atoms with E-state index >= 15 is 0 Å². The Morgan fingerprint density at radius 1 is 1.29 bits per heavy atom. The largest absolute Gasteiger partial charge is 0.345 e. The summed E-state index contributed by atoms with van der Waals surface area (Å²) >= 11 is 0. The van der Waals surface area contributed by atoms with Crippen molar-refractivity contribution in [2.75, 3.05) is 7.05 Å². The van der Waals surface area contributed by atoms with Crippen molar-refractivity contribution in [1.82, 2.24) is 9.88 Å². The first-order chi connectivity index (χ1) is 8.15. The molecule has 0 aliphatic rings. The highest BCUT2D eigenvalue weighted by Crippen LogP contribution is 2.21. The Bertz CT molecular complexity index is 511. The van der Waals surface area contributed by atoms with Crippen molar-refractivity contribution in [3.05, 3.63) is 35.5 Å². The number of nitrogens with one attached hydrogen (secondary N) is 1. The van der Waals surface area contributed by atoms with Gasteiger partial charge >= 0.3 is 0 Å². The van der Waals surface area contributed by atoms with Crippen molar-refractivity contribution in [1.29, 1.82) is 0 Å². The number of hydrogen-bond donors (Lipinski definition) is 1. The fraction of sp³-hybridized carbons (Fsp3) is 0.467. The fourth-order valence-corrected chi connectivity index (χ4v) is 2.46. The van der Waals surface area contributed by atoms with E-state index in [0.717, 1.165) is 13.0 Å². The number of aromatic nitrogens is 1. The molecule has 0 amide bonds. The highest BCUT2D eigenvalue weighted by molar-refractivity contribution is 5.82. The minimum absolute atomic E-state index is 0.529. The number of benzene rings is 1. The zero-order chi connectivity index (χ0) is 12.4. The number of fused-ring (bicyclic) bond motifs is 1. The highest BCUT2D eigenvalue weighted by Gasteiger charge is 2.06. The van der Waals surface area contributed by atoms with Gasteiger partial charge in [0.25, 0.3) is 0 Å². The molecule has 0 aliphatic heterocycles. The lowest BCUT2D eigenvalue weighted by molar-refractivity contribution is 0.609. The molecule has 0 aliphatic carbocycles. The van der Waals surface area contributed by atoms with Gasteiger partial charge in [-0.3, -0.25) is 0 Å². The zero-order valence-electron chi connectivity index (χ0n) is 11.2. The molecule has 1 atom stereocenters. The van der Waals surface area contributed by atoms with Crippen molar-refractivity contribution < 1.29 is 0 Å². The van der Waals surface area contributed by atoms with Crippen LogP contribution in [0.1, 0.15) is 25.1 Å². The minimum atomic E-state index is 0.529. The van der Waals surface area contributed by atoms with Crippen molar-refractivity contribution in [2.45, 2.75) is 39.8 Å². The van der Waals surface area contributed by atoms with Gasteiger partial charge in [0.05, 0.1) is 0 Å². The highest BCUT2D eigenvalue weighted by atomic mass is 15.0. The molecule has 1 aromatic heterocycles. The normalized spacial score (nSPS) is 13.2. The van der Waals surface area contributed by atoms with Crippen LogP contribution in [0.3, 0.4) is 0 Å². The first-order valence-corrected chi connectivity index (χ1v) is 6.41. The molecule has 1 heterocycles. The first-order valence-electron chi connectivity index (χ1n) is 6.41. The van der Waals surface area contributed by atoms with Crippen molar-refractivity contribution in [3.8, 4) is 0 Å². The van der Waals surface area contributed by atoms with E-state index in [0.29, 0.717) is 6.04 Å². The third-order valence-corrected chi connectivity index (χ3v) is 3.52. The Kier molecular flexibility index (Phi) is 3.53. The molecule has 0 saturated heterocycles. The molecule has 1 N–H and O–H groups in total. The quantitative estimate of drug-likeness (QED) is 0.854. The molecular formula is C15H22N2. The number of likely N-dealkylation sites (N-methyl/N-ethyl adjacent to an activating group) is 1. The summed E-state index contributed by atoms with van der Waals surface area (Å²) in [6, 6.07) is 9.64. The van der Waals surface area contributed by atoms with E-state index in [9.17, 15) is 0 Å². The summed E-state index contributed by atoms with van der Waals surface area (Å²) in [4.78, 5) is 0. The molecule has 0 saturated carbocycles. The lowest BCUT2D eigenvalue weighted by atomic mass is 10.1. The maximum atomic E-state index is 3.28. The van der Waals surface area contributed by atoms with Crippen LogP contribution in [0.5, 0.6) is 0 Å². The number of hydrogen-bond acceptors (Lipinski definition) is 1. The predicted octanol–water partition coefficient (Wildman–Crippen LogP) is 3.12. The number of aryl methyl sites for hydroxylation is 2. The molecule has 0 spiro atoms. The smallest absolute Gasteiger partial charge is 0.0482 e. The van der Waals surface area contributed by atoms with Crippen LogP contribution in [0.25, 0.3) is 10.9 Å². The molecule has 17 heavy (non-hydrogen) atoms. The maximum Gasteiger partial charge on any atom is 0.0482 e. The van der Waals surface area contributed by atoms with Crippen LogP contribution in [0.15, 0.2) is 24.3 Å². The van der Waals surface area contributed by atoms with E-state index in [1.165, 1.54) is 22.2 Å². The molecule has 0 fully saturated rings. The van der Waals surface area contributed by atoms with Gasteiger partial charge in [0.2, 0.25) is 0 Å². The SMILES string of the molecule is CCn1c(C)cc2cc(CC(C)NC)ccc21. The Labute approximate surface area is 104 Å². The van der Waals surface area contributed by atoms with Gasteiger partial charge in [-0.15, -0.1) is 0 Å². The molecule has 0 radical (unpaired) electrons. The molecule has 1 aromatic carbocycles. The van der Waals surface area contributed by atoms with Gasteiger partial charge in [-0.25, -0.2) is 0 Å². The van der Waals surface area contributed by atoms with E-state index in [4.69, 9.17) is 0 Å². The summed E-state index contributed by atoms with van der Waals surface area (Å²) < 4.78 is 2.36. The Morgan fingerprint density at radius 3 is 2.71 bits per heavy atom. The van der Waals surface area contributed by atoms with E-state index in [2.05, 4.69) is 54.9 Å². The second-order valence-corrected chi connectivity index (χ2v) is 4.82. The second kappa shape index (κ2) is 4.92. The molecule has 1 unspecified atom stereocenters. The lowest BCUT2D eigenvalue weighted by Crippen LogP contribution is -2.23. The first kappa shape index (κ1) is 12.2. The number of rotatable bonds is 4. The average Bonchev–Trinajstić information content (AvgIpc) is 2.63. The summed E-state index contributed by atoms with van der Waals surface area (Å²) in [5.74, 6) is 0. The molecule has 2 heteroatoms. The summed E-state index contributed by atoms with van der Waals surface area (Å²) in [5, 5.41) is 4.65. The maximum absolute atomic E-state index is 3.28. The van der Waals surface area contributed by atoms with Gasteiger partial charge in [-0.1, -0.05) is 6.07 Å². The summed E-state index contributed by atoms with van der Waals surface area (Å²) in [5.41, 5.74) is 4.11. The minimum Gasteiger partial charge on any atom is -0.345 e. The fourth-order valence-electron chi connectivity index (χ4n) is 2.46. The van der Waals surface area contributed by atoms with Gasteiger partial charge < -0.3 is 9.88 Å². The van der Waals surface area contributed by atoms with Crippen molar-refractivity contribution in [2.24, 2.45) is 0 Å². The Hall–Kier alpha value is -1.28.